The third kappa shape index (κ3) is 3.06. The highest BCUT2D eigenvalue weighted by atomic mass is 16.7. The molecule has 0 bridgehead atoms. The smallest absolute Gasteiger partial charge is 0.106 e. The lowest BCUT2D eigenvalue weighted by molar-refractivity contribution is -0.215. The molecule has 22 heavy (non-hydrogen) atoms. The highest BCUT2D eigenvalue weighted by molar-refractivity contribution is 5.25. The summed E-state index contributed by atoms with van der Waals surface area (Å²) in [6.45, 7) is 8.65. The van der Waals surface area contributed by atoms with Gasteiger partial charge >= 0.3 is 0 Å². The predicted molar refractivity (Wildman–Crippen MR) is 88.2 cm³/mol. The average molecular weight is 296 g/mol. The van der Waals surface area contributed by atoms with Crippen molar-refractivity contribution in [2.75, 3.05) is 0 Å². The van der Waals surface area contributed by atoms with Crippen LogP contribution >= 0.6 is 0 Å². The van der Waals surface area contributed by atoms with Crippen LogP contribution < -0.4 is 0 Å². The van der Waals surface area contributed by atoms with Gasteiger partial charge in [0.2, 0.25) is 0 Å². The molecule has 0 amide bonds. The van der Waals surface area contributed by atoms with Gasteiger partial charge in [-0.15, -0.1) is 0 Å². The Morgan fingerprint density at radius 1 is 1.09 bits per heavy atom. The van der Waals surface area contributed by atoms with Crippen LogP contribution in [-0.2, 0) is 4.84 Å². The number of rotatable bonds is 2. The van der Waals surface area contributed by atoms with Crippen molar-refractivity contribution in [2.45, 2.75) is 51.8 Å². The van der Waals surface area contributed by atoms with E-state index in [-0.39, 0.29) is 17.7 Å². The van der Waals surface area contributed by atoms with Crippen molar-refractivity contribution < 1.29 is 4.84 Å². The number of aryl methyl sites for hydroxylation is 1. The Balaban J connectivity index is 1.90. The molecule has 1 saturated heterocycles. The Morgan fingerprint density at radius 3 is 2.41 bits per heavy atom. The molecule has 3 heteroatoms. The predicted octanol–water partition coefficient (Wildman–Crippen LogP) is 4.61. The molecule has 0 spiro atoms. The molecule has 2 heterocycles. The number of pyridine rings is 1. The van der Waals surface area contributed by atoms with Crippen LogP contribution in [0.4, 0.5) is 0 Å². The van der Waals surface area contributed by atoms with Gasteiger partial charge in [-0.25, -0.2) is 0 Å². The van der Waals surface area contributed by atoms with Crippen LogP contribution in [0.5, 0.6) is 0 Å². The molecule has 0 aliphatic carbocycles. The molecule has 3 rings (SSSR count). The van der Waals surface area contributed by atoms with Gasteiger partial charge in [-0.05, 0) is 45.4 Å². The summed E-state index contributed by atoms with van der Waals surface area (Å²) < 4.78 is 0. The monoisotopic (exact) mass is 296 g/mol. The van der Waals surface area contributed by atoms with E-state index in [0.29, 0.717) is 0 Å². The summed E-state index contributed by atoms with van der Waals surface area (Å²) in [7, 11) is 0. The van der Waals surface area contributed by atoms with Crippen LogP contribution in [0.25, 0.3) is 0 Å². The second kappa shape index (κ2) is 5.82. The van der Waals surface area contributed by atoms with Gasteiger partial charge in [0, 0.05) is 18.2 Å². The molecular formula is C19H24N2O. The molecule has 3 nitrogen and oxygen atoms in total. The molecular weight excluding hydrogens is 272 g/mol. The van der Waals surface area contributed by atoms with E-state index in [1.807, 2.05) is 18.3 Å². The van der Waals surface area contributed by atoms with Crippen LogP contribution in [0.3, 0.4) is 0 Å². The molecule has 0 N–H and O–H groups in total. The molecule has 0 radical (unpaired) electrons. The Labute approximate surface area is 132 Å². The Bertz CT molecular complexity index is 616. The van der Waals surface area contributed by atoms with Gasteiger partial charge in [-0.2, -0.15) is 5.06 Å². The van der Waals surface area contributed by atoms with E-state index in [9.17, 15) is 0 Å². The van der Waals surface area contributed by atoms with Crippen molar-refractivity contribution in [3.63, 3.8) is 0 Å². The summed E-state index contributed by atoms with van der Waals surface area (Å²) in [5.41, 5.74) is 3.52. The molecule has 2 aromatic rings. The highest BCUT2D eigenvalue weighted by Gasteiger charge is 2.41. The molecule has 2 atom stereocenters. The lowest BCUT2D eigenvalue weighted by Crippen LogP contribution is -2.40. The minimum atomic E-state index is -0.0678. The van der Waals surface area contributed by atoms with E-state index in [0.717, 1.165) is 12.1 Å². The van der Waals surface area contributed by atoms with E-state index in [4.69, 9.17) is 4.84 Å². The lowest BCUT2D eigenvalue weighted by atomic mass is 9.98. The zero-order valence-corrected chi connectivity index (χ0v) is 13.8. The second-order valence-electron chi connectivity index (χ2n) is 7.01. The standard InChI is InChI=1S/C19H24N2O/c1-14-8-10-15(11-9-14)18-13-17(16-7-5-6-12-20-16)21(22-18)19(2,3)4/h5-12,17-18H,13H2,1-4H3/t17-,18+/m1/s1. The van der Waals surface area contributed by atoms with E-state index in [2.05, 4.69) is 68.1 Å². The van der Waals surface area contributed by atoms with E-state index >= 15 is 0 Å². The van der Waals surface area contributed by atoms with Crippen molar-refractivity contribution >= 4 is 0 Å². The third-order valence-corrected chi connectivity index (χ3v) is 4.10. The maximum atomic E-state index is 6.31. The zero-order valence-electron chi connectivity index (χ0n) is 13.8. The van der Waals surface area contributed by atoms with Gasteiger partial charge in [-0.1, -0.05) is 35.9 Å². The quantitative estimate of drug-likeness (QED) is 0.809. The Morgan fingerprint density at radius 2 is 1.82 bits per heavy atom. The first-order valence-corrected chi connectivity index (χ1v) is 7.89. The minimum Gasteiger partial charge on any atom is -0.290 e. The third-order valence-electron chi connectivity index (χ3n) is 4.10. The summed E-state index contributed by atoms with van der Waals surface area (Å²) in [6, 6.07) is 14.9. The molecule has 0 saturated carbocycles. The zero-order chi connectivity index (χ0) is 15.7. The van der Waals surface area contributed by atoms with Crippen molar-refractivity contribution in [3.05, 3.63) is 65.5 Å². The molecule has 1 aliphatic rings. The highest BCUT2D eigenvalue weighted by Crippen LogP contribution is 2.44. The number of benzene rings is 1. The van der Waals surface area contributed by atoms with Crippen molar-refractivity contribution in [1.82, 2.24) is 10.0 Å². The Kier molecular flexibility index (Phi) is 4.02. The summed E-state index contributed by atoms with van der Waals surface area (Å²) in [5.74, 6) is 0. The van der Waals surface area contributed by atoms with Gasteiger partial charge in [-0.3, -0.25) is 9.82 Å². The number of hydroxylamine groups is 2. The van der Waals surface area contributed by atoms with Crippen LogP contribution in [0, 0.1) is 6.92 Å². The lowest BCUT2D eigenvalue weighted by Gasteiger charge is -2.34. The topological polar surface area (TPSA) is 25.4 Å². The largest absolute Gasteiger partial charge is 0.290 e. The SMILES string of the molecule is Cc1ccc([C@@H]2C[C@H](c3ccccn3)N(C(C)(C)C)O2)cc1. The van der Waals surface area contributed by atoms with Crippen molar-refractivity contribution in [3.8, 4) is 0 Å². The summed E-state index contributed by atoms with van der Waals surface area (Å²) in [6.07, 6.45) is 2.87. The van der Waals surface area contributed by atoms with Crippen LogP contribution in [0.1, 0.15) is 56.2 Å². The van der Waals surface area contributed by atoms with Crippen molar-refractivity contribution in [2.24, 2.45) is 0 Å². The van der Waals surface area contributed by atoms with Crippen LogP contribution in [-0.4, -0.2) is 15.6 Å². The van der Waals surface area contributed by atoms with Crippen LogP contribution in [0.2, 0.25) is 0 Å². The van der Waals surface area contributed by atoms with E-state index in [1.165, 1.54) is 11.1 Å². The summed E-state index contributed by atoms with van der Waals surface area (Å²) >= 11 is 0. The fourth-order valence-corrected chi connectivity index (χ4v) is 2.97. The number of hydrogen-bond acceptors (Lipinski definition) is 3. The van der Waals surface area contributed by atoms with Gasteiger partial charge in [0.1, 0.15) is 6.10 Å². The fraction of sp³-hybridized carbons (Fsp3) is 0.421. The van der Waals surface area contributed by atoms with Gasteiger partial charge < -0.3 is 0 Å². The van der Waals surface area contributed by atoms with Crippen molar-refractivity contribution in [1.29, 1.82) is 0 Å². The maximum Gasteiger partial charge on any atom is 0.106 e. The van der Waals surface area contributed by atoms with E-state index < -0.39 is 0 Å². The van der Waals surface area contributed by atoms with E-state index in [1.54, 1.807) is 0 Å². The second-order valence-corrected chi connectivity index (χ2v) is 7.01. The molecule has 1 fully saturated rings. The molecule has 1 aliphatic heterocycles. The molecule has 1 aromatic heterocycles. The number of nitrogens with zero attached hydrogens (tertiary/aromatic N) is 2. The first-order valence-electron chi connectivity index (χ1n) is 7.89. The number of aromatic nitrogens is 1. The van der Waals surface area contributed by atoms with Gasteiger partial charge in [0.25, 0.3) is 0 Å². The minimum absolute atomic E-state index is 0.0678. The first-order chi connectivity index (χ1) is 10.4. The number of hydrogen-bond donors (Lipinski definition) is 0. The summed E-state index contributed by atoms with van der Waals surface area (Å²) in [4.78, 5) is 10.9. The molecule has 0 unspecified atom stereocenters. The first kappa shape index (κ1) is 15.2. The normalized spacial score (nSPS) is 22.9. The maximum absolute atomic E-state index is 6.31. The van der Waals surface area contributed by atoms with Gasteiger partial charge in [0.15, 0.2) is 0 Å². The molecule has 116 valence electrons. The fourth-order valence-electron chi connectivity index (χ4n) is 2.97. The average Bonchev–Trinajstić information content (AvgIpc) is 2.94. The molecule has 1 aromatic carbocycles. The van der Waals surface area contributed by atoms with Crippen LogP contribution in [0.15, 0.2) is 48.7 Å². The summed E-state index contributed by atoms with van der Waals surface area (Å²) in [5, 5.41) is 2.11. The van der Waals surface area contributed by atoms with Gasteiger partial charge in [0.05, 0.1) is 11.7 Å². The Hall–Kier alpha value is -1.71.